The highest BCUT2D eigenvalue weighted by molar-refractivity contribution is 6.30. The quantitative estimate of drug-likeness (QED) is 0.739. The van der Waals surface area contributed by atoms with Crippen molar-refractivity contribution >= 4 is 23.2 Å². The van der Waals surface area contributed by atoms with Crippen LogP contribution in [0.25, 0.3) is 11.3 Å². The van der Waals surface area contributed by atoms with Gasteiger partial charge in [-0.25, -0.2) is 4.98 Å². The first-order valence-corrected chi connectivity index (χ1v) is 7.69. The van der Waals surface area contributed by atoms with Crippen LogP contribution in [0, 0.1) is 0 Å². The second-order valence-electron chi connectivity index (χ2n) is 5.09. The summed E-state index contributed by atoms with van der Waals surface area (Å²) < 4.78 is 11.4. The maximum Gasteiger partial charge on any atom is 0.232 e. The molecule has 122 valence electrons. The van der Waals surface area contributed by atoms with Crippen LogP contribution < -0.4 is 10.1 Å². The van der Waals surface area contributed by atoms with Gasteiger partial charge in [-0.15, -0.1) is 0 Å². The number of benzene rings is 2. The van der Waals surface area contributed by atoms with Gasteiger partial charge in [0, 0.05) is 17.5 Å². The minimum Gasteiger partial charge on any atom is -0.482 e. The van der Waals surface area contributed by atoms with Crippen LogP contribution in [-0.2, 0) is 11.4 Å². The van der Waals surface area contributed by atoms with Crippen molar-refractivity contribution in [1.29, 1.82) is 0 Å². The first kappa shape index (κ1) is 16.1. The van der Waals surface area contributed by atoms with Crippen molar-refractivity contribution in [2.24, 2.45) is 0 Å². The second kappa shape index (κ2) is 7.19. The van der Waals surface area contributed by atoms with E-state index in [-0.39, 0.29) is 12.5 Å². The number of anilines is 1. The first-order chi connectivity index (χ1) is 11.6. The van der Waals surface area contributed by atoms with Crippen molar-refractivity contribution in [3.63, 3.8) is 0 Å². The van der Waals surface area contributed by atoms with Gasteiger partial charge in [0.15, 0.2) is 12.4 Å². The summed E-state index contributed by atoms with van der Waals surface area (Å²) in [4.78, 5) is 15.4. The van der Waals surface area contributed by atoms with Gasteiger partial charge in [0.25, 0.3) is 0 Å². The molecule has 0 aliphatic carbocycles. The Labute approximate surface area is 144 Å². The lowest BCUT2D eigenvalue weighted by Crippen LogP contribution is -2.07. The van der Waals surface area contributed by atoms with Gasteiger partial charge in [0.2, 0.25) is 11.8 Å². The number of rotatable bonds is 5. The van der Waals surface area contributed by atoms with Crippen LogP contribution in [-0.4, -0.2) is 10.9 Å². The van der Waals surface area contributed by atoms with Crippen molar-refractivity contribution in [2.75, 3.05) is 5.32 Å². The number of para-hydroxylation sites is 2. The number of carbonyl (C=O) groups excluding carboxylic acids is 1. The zero-order chi connectivity index (χ0) is 16.9. The average molecular weight is 343 g/mol. The van der Waals surface area contributed by atoms with E-state index in [1.165, 1.54) is 6.92 Å². The summed E-state index contributed by atoms with van der Waals surface area (Å²) in [5.41, 5.74) is 1.49. The molecular formula is C18H15ClN2O3. The van der Waals surface area contributed by atoms with E-state index in [2.05, 4.69) is 10.3 Å². The van der Waals surface area contributed by atoms with E-state index in [1.54, 1.807) is 30.5 Å². The van der Waals surface area contributed by atoms with Crippen LogP contribution in [0.2, 0.25) is 5.02 Å². The van der Waals surface area contributed by atoms with Gasteiger partial charge in [0.1, 0.15) is 5.75 Å². The molecule has 0 saturated carbocycles. The van der Waals surface area contributed by atoms with Crippen LogP contribution in [0.4, 0.5) is 5.69 Å². The molecule has 1 amide bonds. The lowest BCUT2D eigenvalue weighted by molar-refractivity contribution is -0.114. The van der Waals surface area contributed by atoms with E-state index in [4.69, 9.17) is 20.8 Å². The standard InChI is InChI=1S/C18H15ClN2O3/c1-12(22)21-15-4-2-3-5-16(15)23-11-18-20-10-17(24-18)13-6-8-14(19)9-7-13/h2-10H,11H2,1H3,(H,21,22). The normalized spacial score (nSPS) is 10.4. The van der Waals surface area contributed by atoms with Crippen LogP contribution in [0.15, 0.2) is 59.1 Å². The molecule has 0 spiro atoms. The fourth-order valence-electron chi connectivity index (χ4n) is 2.15. The molecule has 0 bridgehead atoms. The smallest absolute Gasteiger partial charge is 0.232 e. The topological polar surface area (TPSA) is 64.4 Å². The summed E-state index contributed by atoms with van der Waals surface area (Å²) >= 11 is 5.88. The number of halogens is 1. The molecule has 1 heterocycles. The van der Waals surface area contributed by atoms with Crippen molar-refractivity contribution in [1.82, 2.24) is 4.98 Å². The predicted octanol–water partition coefficient (Wildman–Crippen LogP) is 4.53. The molecule has 24 heavy (non-hydrogen) atoms. The molecule has 0 aliphatic rings. The highest BCUT2D eigenvalue weighted by Gasteiger charge is 2.09. The number of nitrogens with zero attached hydrogens (tertiary/aromatic N) is 1. The second-order valence-corrected chi connectivity index (χ2v) is 5.53. The Morgan fingerprint density at radius 2 is 1.96 bits per heavy atom. The van der Waals surface area contributed by atoms with E-state index in [0.717, 1.165) is 5.56 Å². The zero-order valence-corrected chi connectivity index (χ0v) is 13.7. The predicted molar refractivity (Wildman–Crippen MR) is 92.0 cm³/mol. The van der Waals surface area contributed by atoms with Gasteiger partial charge < -0.3 is 14.5 Å². The van der Waals surface area contributed by atoms with E-state index in [1.807, 2.05) is 24.3 Å². The SMILES string of the molecule is CC(=O)Nc1ccccc1OCc1ncc(-c2ccc(Cl)cc2)o1. The Balaban J connectivity index is 1.70. The Bertz CT molecular complexity index is 843. The fourth-order valence-corrected chi connectivity index (χ4v) is 2.28. The number of hydrogen-bond donors (Lipinski definition) is 1. The Kier molecular flexibility index (Phi) is 4.82. The van der Waals surface area contributed by atoms with Gasteiger partial charge >= 0.3 is 0 Å². The van der Waals surface area contributed by atoms with E-state index < -0.39 is 0 Å². The number of ether oxygens (including phenoxy) is 1. The molecule has 0 saturated heterocycles. The largest absolute Gasteiger partial charge is 0.482 e. The Morgan fingerprint density at radius 3 is 2.71 bits per heavy atom. The van der Waals surface area contributed by atoms with Crippen LogP contribution in [0.3, 0.4) is 0 Å². The molecule has 1 aromatic heterocycles. The molecule has 0 atom stereocenters. The van der Waals surface area contributed by atoms with Crippen LogP contribution in [0.5, 0.6) is 5.75 Å². The molecule has 5 nitrogen and oxygen atoms in total. The van der Waals surface area contributed by atoms with E-state index in [0.29, 0.717) is 28.1 Å². The molecule has 0 radical (unpaired) electrons. The van der Waals surface area contributed by atoms with Crippen molar-refractivity contribution < 1.29 is 13.9 Å². The number of oxazole rings is 1. The number of carbonyl (C=O) groups is 1. The first-order valence-electron chi connectivity index (χ1n) is 7.32. The number of aromatic nitrogens is 1. The summed E-state index contributed by atoms with van der Waals surface area (Å²) in [6, 6.07) is 14.5. The Hall–Kier alpha value is -2.79. The molecular weight excluding hydrogens is 328 g/mol. The molecule has 0 fully saturated rings. The summed E-state index contributed by atoms with van der Waals surface area (Å²) in [6.45, 7) is 1.60. The van der Waals surface area contributed by atoms with Crippen LogP contribution >= 0.6 is 11.6 Å². The lowest BCUT2D eigenvalue weighted by Gasteiger charge is -2.10. The molecule has 0 aliphatic heterocycles. The van der Waals surface area contributed by atoms with Gasteiger partial charge in [0.05, 0.1) is 11.9 Å². The lowest BCUT2D eigenvalue weighted by atomic mass is 10.2. The van der Waals surface area contributed by atoms with Crippen molar-refractivity contribution in [3.8, 4) is 17.1 Å². The van der Waals surface area contributed by atoms with Gasteiger partial charge in [-0.2, -0.15) is 0 Å². The maximum absolute atomic E-state index is 11.2. The molecule has 6 heteroatoms. The minimum absolute atomic E-state index is 0.157. The number of amides is 1. The maximum atomic E-state index is 11.2. The summed E-state index contributed by atoms with van der Waals surface area (Å²) in [5.74, 6) is 1.48. The van der Waals surface area contributed by atoms with Gasteiger partial charge in [-0.1, -0.05) is 23.7 Å². The van der Waals surface area contributed by atoms with Gasteiger partial charge in [-0.3, -0.25) is 4.79 Å². The minimum atomic E-state index is -0.160. The van der Waals surface area contributed by atoms with Crippen molar-refractivity contribution in [2.45, 2.75) is 13.5 Å². The third-order valence-electron chi connectivity index (χ3n) is 3.23. The van der Waals surface area contributed by atoms with E-state index in [9.17, 15) is 4.79 Å². The van der Waals surface area contributed by atoms with Crippen LogP contribution in [0.1, 0.15) is 12.8 Å². The fraction of sp³-hybridized carbons (Fsp3) is 0.111. The molecule has 0 unspecified atom stereocenters. The third-order valence-corrected chi connectivity index (χ3v) is 3.48. The summed E-state index contributed by atoms with van der Waals surface area (Å²) in [6.07, 6.45) is 1.64. The van der Waals surface area contributed by atoms with Crippen molar-refractivity contribution in [3.05, 3.63) is 65.6 Å². The van der Waals surface area contributed by atoms with E-state index >= 15 is 0 Å². The summed E-state index contributed by atoms with van der Waals surface area (Å²) in [5, 5.41) is 3.38. The third kappa shape index (κ3) is 3.94. The summed E-state index contributed by atoms with van der Waals surface area (Å²) in [7, 11) is 0. The monoisotopic (exact) mass is 342 g/mol. The zero-order valence-electron chi connectivity index (χ0n) is 13.0. The van der Waals surface area contributed by atoms with Gasteiger partial charge in [-0.05, 0) is 36.4 Å². The molecule has 3 aromatic rings. The average Bonchev–Trinajstić information content (AvgIpc) is 3.03. The Morgan fingerprint density at radius 1 is 1.21 bits per heavy atom. The number of hydrogen-bond acceptors (Lipinski definition) is 4. The number of nitrogens with one attached hydrogen (secondary N) is 1. The molecule has 1 N–H and O–H groups in total. The molecule has 2 aromatic carbocycles. The highest BCUT2D eigenvalue weighted by atomic mass is 35.5. The molecule has 3 rings (SSSR count). The highest BCUT2D eigenvalue weighted by Crippen LogP contribution is 2.26.